The summed E-state index contributed by atoms with van der Waals surface area (Å²) < 4.78 is 19.0. The van der Waals surface area contributed by atoms with Crippen LogP contribution in [0.15, 0.2) is 18.2 Å². The van der Waals surface area contributed by atoms with E-state index in [0.29, 0.717) is 30.2 Å². The summed E-state index contributed by atoms with van der Waals surface area (Å²) in [4.78, 5) is 2.04. The third-order valence-electron chi connectivity index (χ3n) is 3.33. The summed E-state index contributed by atoms with van der Waals surface area (Å²) in [5, 5.41) is 10.4. The number of halogens is 2. The van der Waals surface area contributed by atoms with Gasteiger partial charge in [-0.25, -0.2) is 4.39 Å². The van der Waals surface area contributed by atoms with E-state index in [1.165, 1.54) is 6.07 Å². The largest absolute Gasteiger partial charge is 0.391 e. The molecule has 1 aromatic rings. The molecule has 2 unspecified atom stereocenters. The molecule has 5 heteroatoms. The lowest BCUT2D eigenvalue weighted by molar-refractivity contribution is 0.0916. The third-order valence-corrected chi connectivity index (χ3v) is 3.57. The van der Waals surface area contributed by atoms with Gasteiger partial charge in [0.05, 0.1) is 18.8 Å². The van der Waals surface area contributed by atoms with Crippen LogP contribution < -0.4 is 0 Å². The minimum absolute atomic E-state index is 0.308. The van der Waals surface area contributed by atoms with E-state index >= 15 is 0 Å². The Bertz CT molecular complexity index is 416. The average molecular weight is 274 g/mol. The number of aliphatic hydroxyl groups is 1. The predicted octanol–water partition coefficient (Wildman–Crippen LogP) is 2.23. The Hall–Kier alpha value is -0.680. The predicted molar refractivity (Wildman–Crippen MR) is 68.2 cm³/mol. The van der Waals surface area contributed by atoms with Crippen molar-refractivity contribution in [2.45, 2.75) is 18.6 Å². The third kappa shape index (κ3) is 2.83. The van der Waals surface area contributed by atoms with E-state index in [9.17, 15) is 9.50 Å². The Morgan fingerprint density at radius 1 is 1.56 bits per heavy atom. The fourth-order valence-corrected chi connectivity index (χ4v) is 2.60. The highest BCUT2D eigenvalue weighted by atomic mass is 35.5. The van der Waals surface area contributed by atoms with Gasteiger partial charge >= 0.3 is 0 Å². The Morgan fingerprint density at radius 3 is 3.00 bits per heavy atom. The lowest BCUT2D eigenvalue weighted by atomic mass is 10.0. The molecule has 0 radical (unpaired) electrons. The van der Waals surface area contributed by atoms with Crippen LogP contribution in [0.4, 0.5) is 4.39 Å². The second-order valence-electron chi connectivity index (χ2n) is 4.50. The molecule has 0 spiro atoms. The molecule has 1 aliphatic rings. The number of methoxy groups -OCH3 is 1. The summed E-state index contributed by atoms with van der Waals surface area (Å²) in [6.07, 6.45) is 0.105. The Balaban J connectivity index is 2.22. The number of rotatable bonds is 4. The van der Waals surface area contributed by atoms with Crippen LogP contribution in [0, 0.1) is 5.82 Å². The van der Waals surface area contributed by atoms with E-state index in [0.717, 1.165) is 6.54 Å². The van der Waals surface area contributed by atoms with Gasteiger partial charge in [-0.1, -0.05) is 17.7 Å². The fourth-order valence-electron chi connectivity index (χ4n) is 2.44. The van der Waals surface area contributed by atoms with E-state index in [1.54, 1.807) is 19.2 Å². The van der Waals surface area contributed by atoms with Crippen molar-refractivity contribution in [3.63, 3.8) is 0 Å². The van der Waals surface area contributed by atoms with Gasteiger partial charge in [0.2, 0.25) is 0 Å². The molecule has 3 nitrogen and oxygen atoms in total. The molecular formula is C13H17ClFNO2. The van der Waals surface area contributed by atoms with Gasteiger partial charge in [0.25, 0.3) is 0 Å². The van der Waals surface area contributed by atoms with Gasteiger partial charge in [0, 0.05) is 30.8 Å². The first-order valence-electron chi connectivity index (χ1n) is 5.99. The molecule has 0 aromatic heterocycles. The molecular weight excluding hydrogens is 257 g/mol. The molecule has 1 aromatic carbocycles. The Morgan fingerprint density at radius 2 is 2.33 bits per heavy atom. The van der Waals surface area contributed by atoms with Crippen LogP contribution in [0.5, 0.6) is 0 Å². The molecule has 0 aliphatic carbocycles. The molecule has 1 saturated heterocycles. The van der Waals surface area contributed by atoms with Crippen molar-refractivity contribution in [2.75, 3.05) is 26.8 Å². The first kappa shape index (κ1) is 13.7. The van der Waals surface area contributed by atoms with Gasteiger partial charge in [-0.3, -0.25) is 4.90 Å². The van der Waals surface area contributed by atoms with Crippen molar-refractivity contribution >= 4 is 11.6 Å². The number of ether oxygens (including phenoxy) is 1. The minimum Gasteiger partial charge on any atom is -0.391 e. The van der Waals surface area contributed by atoms with Crippen LogP contribution in [0.1, 0.15) is 18.0 Å². The lowest BCUT2D eigenvalue weighted by Gasteiger charge is -2.26. The van der Waals surface area contributed by atoms with E-state index in [-0.39, 0.29) is 11.9 Å². The first-order valence-corrected chi connectivity index (χ1v) is 6.37. The van der Waals surface area contributed by atoms with Crippen LogP contribution in [0.3, 0.4) is 0 Å². The fraction of sp³-hybridized carbons (Fsp3) is 0.538. The van der Waals surface area contributed by atoms with Crippen molar-refractivity contribution in [3.8, 4) is 0 Å². The number of nitrogens with zero attached hydrogens (tertiary/aromatic N) is 1. The molecule has 1 heterocycles. The van der Waals surface area contributed by atoms with Crippen molar-refractivity contribution in [1.82, 2.24) is 4.90 Å². The van der Waals surface area contributed by atoms with Crippen molar-refractivity contribution in [3.05, 3.63) is 34.6 Å². The van der Waals surface area contributed by atoms with Crippen molar-refractivity contribution < 1.29 is 14.2 Å². The maximum absolute atomic E-state index is 13.9. The summed E-state index contributed by atoms with van der Waals surface area (Å²) in [6, 6.07) is 4.28. The number of benzene rings is 1. The second kappa shape index (κ2) is 5.97. The summed E-state index contributed by atoms with van der Waals surface area (Å²) >= 11 is 5.74. The molecule has 1 fully saturated rings. The second-order valence-corrected chi connectivity index (χ2v) is 4.93. The SMILES string of the molecule is COCCN1CCC(O)C1c1ccc(Cl)cc1F. The molecule has 100 valence electrons. The van der Waals surface area contributed by atoms with Crippen LogP contribution >= 0.6 is 11.6 Å². The highest BCUT2D eigenvalue weighted by Gasteiger charge is 2.35. The lowest BCUT2D eigenvalue weighted by Crippen LogP contribution is -2.31. The van der Waals surface area contributed by atoms with Crippen LogP contribution in [0.25, 0.3) is 0 Å². The Kier molecular flexibility index (Phi) is 4.56. The summed E-state index contributed by atoms with van der Waals surface area (Å²) in [5.41, 5.74) is 0.500. The highest BCUT2D eigenvalue weighted by Crippen LogP contribution is 2.34. The molecule has 2 atom stereocenters. The monoisotopic (exact) mass is 273 g/mol. The van der Waals surface area contributed by atoms with Crippen LogP contribution in [-0.2, 0) is 4.74 Å². The van der Waals surface area contributed by atoms with Gasteiger partial charge in [-0.15, -0.1) is 0 Å². The summed E-state index contributed by atoms with van der Waals surface area (Å²) in [5.74, 6) is -0.365. The quantitative estimate of drug-likeness (QED) is 0.913. The average Bonchev–Trinajstić information content (AvgIpc) is 2.68. The zero-order valence-corrected chi connectivity index (χ0v) is 11.0. The zero-order valence-electron chi connectivity index (χ0n) is 10.3. The number of likely N-dealkylation sites (tertiary alicyclic amines) is 1. The van der Waals surface area contributed by atoms with E-state index in [1.807, 2.05) is 4.90 Å². The Labute approximate surface area is 111 Å². The minimum atomic E-state index is -0.544. The smallest absolute Gasteiger partial charge is 0.129 e. The van der Waals surface area contributed by atoms with Gasteiger partial charge in [-0.2, -0.15) is 0 Å². The summed E-state index contributed by atoms with van der Waals surface area (Å²) in [6.45, 7) is 2.00. The highest BCUT2D eigenvalue weighted by molar-refractivity contribution is 6.30. The molecule has 0 amide bonds. The molecule has 1 N–H and O–H groups in total. The van der Waals surface area contributed by atoms with Gasteiger partial charge in [0.15, 0.2) is 0 Å². The molecule has 1 aliphatic heterocycles. The normalized spacial score (nSPS) is 24.7. The van der Waals surface area contributed by atoms with Crippen molar-refractivity contribution in [2.24, 2.45) is 0 Å². The molecule has 2 rings (SSSR count). The number of aliphatic hydroxyl groups excluding tert-OH is 1. The standard InChI is InChI=1S/C13H17ClFNO2/c1-18-7-6-16-5-4-12(17)13(16)10-3-2-9(14)8-11(10)15/h2-3,8,12-13,17H,4-7H2,1H3. The number of hydrogen-bond acceptors (Lipinski definition) is 3. The van der Waals surface area contributed by atoms with E-state index < -0.39 is 6.10 Å². The van der Waals surface area contributed by atoms with Gasteiger partial charge in [0.1, 0.15) is 5.82 Å². The number of hydrogen-bond donors (Lipinski definition) is 1. The molecule has 0 bridgehead atoms. The van der Waals surface area contributed by atoms with Crippen molar-refractivity contribution in [1.29, 1.82) is 0 Å². The molecule has 18 heavy (non-hydrogen) atoms. The topological polar surface area (TPSA) is 32.7 Å². The first-order chi connectivity index (χ1) is 8.63. The summed E-state index contributed by atoms with van der Waals surface area (Å²) in [7, 11) is 1.63. The zero-order chi connectivity index (χ0) is 13.1. The van der Waals surface area contributed by atoms with E-state index in [2.05, 4.69) is 0 Å². The van der Waals surface area contributed by atoms with E-state index in [4.69, 9.17) is 16.3 Å². The maximum atomic E-state index is 13.9. The van der Waals surface area contributed by atoms with Gasteiger partial charge < -0.3 is 9.84 Å². The molecule has 0 saturated carbocycles. The van der Waals surface area contributed by atoms with Gasteiger partial charge in [-0.05, 0) is 18.6 Å². The van der Waals surface area contributed by atoms with Crippen LogP contribution in [0.2, 0.25) is 5.02 Å². The van der Waals surface area contributed by atoms with Crippen LogP contribution in [-0.4, -0.2) is 42.9 Å². The maximum Gasteiger partial charge on any atom is 0.129 e.